The maximum absolute atomic E-state index is 11.9. The van der Waals surface area contributed by atoms with Gasteiger partial charge in [0.05, 0.1) is 0 Å². The van der Waals surface area contributed by atoms with E-state index in [-0.39, 0.29) is 17.7 Å². The van der Waals surface area contributed by atoms with Crippen molar-refractivity contribution < 1.29 is 9.59 Å². The third kappa shape index (κ3) is 5.62. The molecule has 0 radical (unpaired) electrons. The highest BCUT2D eigenvalue weighted by Gasteiger charge is 2.27. The number of hydrogen-bond acceptors (Lipinski definition) is 2. The van der Waals surface area contributed by atoms with E-state index in [9.17, 15) is 9.59 Å². The lowest BCUT2D eigenvalue weighted by Gasteiger charge is -2.31. The molecule has 19 heavy (non-hydrogen) atoms. The van der Waals surface area contributed by atoms with Crippen LogP contribution in [0.25, 0.3) is 0 Å². The Labute approximate surface area is 116 Å². The maximum atomic E-state index is 11.9. The van der Waals surface area contributed by atoms with Gasteiger partial charge in [-0.3, -0.25) is 9.59 Å². The molecule has 1 saturated heterocycles. The van der Waals surface area contributed by atoms with Crippen LogP contribution in [0.15, 0.2) is 0 Å². The summed E-state index contributed by atoms with van der Waals surface area (Å²) in [6, 6.07) is 0. The second-order valence-corrected chi connectivity index (χ2v) is 5.90. The first kappa shape index (κ1) is 16.0. The lowest BCUT2D eigenvalue weighted by atomic mass is 9.95. The number of likely N-dealkylation sites (tertiary alicyclic amines) is 1. The molecule has 0 bridgehead atoms. The van der Waals surface area contributed by atoms with E-state index >= 15 is 0 Å². The fraction of sp³-hybridized carbons (Fsp3) is 0.867. The Bertz CT molecular complexity index is 295. The van der Waals surface area contributed by atoms with Crippen molar-refractivity contribution in [3.8, 4) is 0 Å². The van der Waals surface area contributed by atoms with E-state index in [1.165, 1.54) is 0 Å². The van der Waals surface area contributed by atoms with Gasteiger partial charge in [-0.25, -0.2) is 0 Å². The summed E-state index contributed by atoms with van der Waals surface area (Å²) in [6.07, 6.45) is 4.37. The Kier molecular flexibility index (Phi) is 6.89. The molecule has 1 N–H and O–H groups in total. The zero-order valence-electron chi connectivity index (χ0n) is 12.6. The molecule has 0 atom stereocenters. The predicted octanol–water partition coefficient (Wildman–Crippen LogP) is 2.19. The lowest BCUT2D eigenvalue weighted by Crippen LogP contribution is -2.43. The van der Waals surface area contributed by atoms with E-state index in [4.69, 9.17) is 0 Å². The zero-order chi connectivity index (χ0) is 14.3. The Morgan fingerprint density at radius 3 is 2.42 bits per heavy atom. The summed E-state index contributed by atoms with van der Waals surface area (Å²) in [5.41, 5.74) is 0. The van der Waals surface area contributed by atoms with Crippen LogP contribution in [-0.4, -0.2) is 36.3 Å². The standard InChI is InChI=1S/C15H28N2O2/c1-4-5-8-16-15(19)13-6-9-17(10-7-13)14(18)11-12(2)3/h12-13H,4-11H2,1-3H3,(H,16,19). The largest absolute Gasteiger partial charge is 0.356 e. The smallest absolute Gasteiger partial charge is 0.223 e. The molecule has 1 aliphatic heterocycles. The summed E-state index contributed by atoms with van der Waals surface area (Å²) in [5, 5.41) is 2.99. The number of hydrogen-bond donors (Lipinski definition) is 1. The summed E-state index contributed by atoms with van der Waals surface area (Å²) < 4.78 is 0. The zero-order valence-corrected chi connectivity index (χ0v) is 12.6. The molecular weight excluding hydrogens is 240 g/mol. The van der Waals surface area contributed by atoms with Crippen molar-refractivity contribution in [1.29, 1.82) is 0 Å². The van der Waals surface area contributed by atoms with Gasteiger partial charge in [0, 0.05) is 32.0 Å². The molecule has 1 rings (SSSR count). The molecule has 4 heteroatoms. The van der Waals surface area contributed by atoms with Crippen molar-refractivity contribution in [3.63, 3.8) is 0 Å². The van der Waals surface area contributed by atoms with Crippen molar-refractivity contribution in [1.82, 2.24) is 10.2 Å². The topological polar surface area (TPSA) is 49.4 Å². The fourth-order valence-electron chi connectivity index (χ4n) is 2.40. The Morgan fingerprint density at radius 1 is 1.26 bits per heavy atom. The highest BCUT2D eigenvalue weighted by molar-refractivity contribution is 5.80. The van der Waals surface area contributed by atoms with Gasteiger partial charge >= 0.3 is 0 Å². The van der Waals surface area contributed by atoms with Crippen LogP contribution in [-0.2, 0) is 9.59 Å². The van der Waals surface area contributed by atoms with Crippen molar-refractivity contribution in [2.75, 3.05) is 19.6 Å². The van der Waals surface area contributed by atoms with E-state index in [1.807, 2.05) is 4.90 Å². The van der Waals surface area contributed by atoms with Crippen LogP contribution in [0.5, 0.6) is 0 Å². The second kappa shape index (κ2) is 8.18. The third-order valence-electron chi connectivity index (χ3n) is 3.63. The van der Waals surface area contributed by atoms with E-state index in [2.05, 4.69) is 26.1 Å². The van der Waals surface area contributed by atoms with E-state index in [0.717, 1.165) is 45.3 Å². The van der Waals surface area contributed by atoms with Gasteiger partial charge in [0.1, 0.15) is 0 Å². The molecule has 1 fully saturated rings. The quantitative estimate of drug-likeness (QED) is 0.751. The second-order valence-electron chi connectivity index (χ2n) is 5.90. The van der Waals surface area contributed by atoms with Crippen molar-refractivity contribution >= 4 is 11.8 Å². The molecule has 1 heterocycles. The van der Waals surface area contributed by atoms with Crippen molar-refractivity contribution in [2.24, 2.45) is 11.8 Å². The number of nitrogens with one attached hydrogen (secondary N) is 1. The normalized spacial score (nSPS) is 16.7. The van der Waals surface area contributed by atoms with Crippen LogP contribution in [0, 0.1) is 11.8 Å². The van der Waals surface area contributed by atoms with Crippen LogP contribution in [0.4, 0.5) is 0 Å². The Morgan fingerprint density at radius 2 is 1.89 bits per heavy atom. The molecule has 0 aromatic heterocycles. The molecule has 0 aliphatic carbocycles. The third-order valence-corrected chi connectivity index (χ3v) is 3.63. The highest BCUT2D eigenvalue weighted by atomic mass is 16.2. The minimum Gasteiger partial charge on any atom is -0.356 e. The van der Waals surface area contributed by atoms with Gasteiger partial charge in [-0.2, -0.15) is 0 Å². The molecule has 0 spiro atoms. The van der Waals surface area contributed by atoms with Gasteiger partial charge in [-0.1, -0.05) is 27.2 Å². The number of amides is 2. The van der Waals surface area contributed by atoms with E-state index in [1.54, 1.807) is 0 Å². The van der Waals surface area contributed by atoms with Gasteiger partial charge in [0.25, 0.3) is 0 Å². The van der Waals surface area contributed by atoms with Gasteiger partial charge in [0.2, 0.25) is 11.8 Å². The fourth-order valence-corrected chi connectivity index (χ4v) is 2.40. The monoisotopic (exact) mass is 268 g/mol. The SMILES string of the molecule is CCCCNC(=O)C1CCN(C(=O)CC(C)C)CC1. The van der Waals surface area contributed by atoms with Gasteiger partial charge in [0.15, 0.2) is 0 Å². The summed E-state index contributed by atoms with van der Waals surface area (Å²) in [6.45, 7) is 8.49. The van der Waals surface area contributed by atoms with Gasteiger partial charge < -0.3 is 10.2 Å². The molecule has 0 saturated carbocycles. The van der Waals surface area contributed by atoms with E-state index in [0.29, 0.717) is 12.3 Å². The van der Waals surface area contributed by atoms with Crippen LogP contribution in [0.2, 0.25) is 0 Å². The van der Waals surface area contributed by atoms with Crippen LogP contribution in [0.3, 0.4) is 0 Å². The first-order valence-electron chi connectivity index (χ1n) is 7.60. The molecule has 1 aliphatic rings. The molecule has 4 nitrogen and oxygen atoms in total. The molecule has 110 valence electrons. The maximum Gasteiger partial charge on any atom is 0.223 e. The number of nitrogens with zero attached hydrogens (tertiary/aromatic N) is 1. The molecule has 2 amide bonds. The molecule has 0 aromatic rings. The number of carbonyl (C=O) groups is 2. The number of rotatable bonds is 6. The minimum atomic E-state index is 0.0972. The van der Waals surface area contributed by atoms with E-state index < -0.39 is 0 Å². The molecule has 0 aromatic carbocycles. The van der Waals surface area contributed by atoms with Gasteiger partial charge in [-0.05, 0) is 25.2 Å². The summed E-state index contributed by atoms with van der Waals surface area (Å²) >= 11 is 0. The van der Waals surface area contributed by atoms with Crippen molar-refractivity contribution in [2.45, 2.75) is 52.9 Å². The lowest BCUT2D eigenvalue weighted by molar-refractivity contribution is -0.136. The van der Waals surface area contributed by atoms with Crippen LogP contribution < -0.4 is 5.32 Å². The minimum absolute atomic E-state index is 0.0972. The number of unbranched alkanes of at least 4 members (excludes halogenated alkanes) is 1. The number of piperidine rings is 1. The Hall–Kier alpha value is -1.06. The summed E-state index contributed by atoms with van der Waals surface area (Å²) in [4.78, 5) is 25.7. The summed E-state index contributed by atoms with van der Waals surface area (Å²) in [7, 11) is 0. The first-order chi connectivity index (χ1) is 9.04. The summed E-state index contributed by atoms with van der Waals surface area (Å²) in [5.74, 6) is 0.909. The number of carbonyl (C=O) groups excluding carboxylic acids is 2. The average Bonchev–Trinajstić information content (AvgIpc) is 2.38. The highest BCUT2D eigenvalue weighted by Crippen LogP contribution is 2.19. The van der Waals surface area contributed by atoms with Crippen LogP contribution >= 0.6 is 0 Å². The molecular formula is C15H28N2O2. The van der Waals surface area contributed by atoms with Crippen LogP contribution in [0.1, 0.15) is 52.9 Å². The Balaban J connectivity index is 2.28. The predicted molar refractivity (Wildman–Crippen MR) is 76.7 cm³/mol. The van der Waals surface area contributed by atoms with Crippen molar-refractivity contribution in [3.05, 3.63) is 0 Å². The van der Waals surface area contributed by atoms with Gasteiger partial charge in [-0.15, -0.1) is 0 Å². The average molecular weight is 268 g/mol. The first-order valence-corrected chi connectivity index (χ1v) is 7.60. The molecule has 0 unspecified atom stereocenters.